The number of benzene rings is 1. The summed E-state index contributed by atoms with van der Waals surface area (Å²) in [4.78, 5) is 4.37. The third-order valence-corrected chi connectivity index (χ3v) is 3.28. The summed E-state index contributed by atoms with van der Waals surface area (Å²) in [6.45, 7) is 2.97. The van der Waals surface area contributed by atoms with Crippen molar-refractivity contribution in [2.24, 2.45) is 0 Å². The highest BCUT2D eigenvalue weighted by molar-refractivity contribution is 5.33. The van der Waals surface area contributed by atoms with Gasteiger partial charge in [0.15, 0.2) is 0 Å². The van der Waals surface area contributed by atoms with E-state index in [4.69, 9.17) is 4.74 Å². The molecule has 4 nitrogen and oxygen atoms in total. The molecular formula is C15H20FN3O. The van der Waals surface area contributed by atoms with Crippen molar-refractivity contribution in [1.82, 2.24) is 14.9 Å². The highest BCUT2D eigenvalue weighted by Crippen LogP contribution is 2.26. The maximum atomic E-state index is 14.2. The van der Waals surface area contributed by atoms with Gasteiger partial charge >= 0.3 is 0 Å². The summed E-state index contributed by atoms with van der Waals surface area (Å²) in [5.41, 5.74) is 0.567. The molecule has 0 spiro atoms. The molecule has 1 N–H and O–H groups in total. The lowest BCUT2D eigenvalue weighted by Gasteiger charge is -2.19. The number of nitrogens with one attached hydrogen (secondary N) is 1. The van der Waals surface area contributed by atoms with Gasteiger partial charge in [-0.05, 0) is 19.5 Å². The monoisotopic (exact) mass is 277 g/mol. The van der Waals surface area contributed by atoms with E-state index in [9.17, 15) is 4.39 Å². The lowest BCUT2D eigenvalue weighted by Crippen LogP contribution is -2.23. The molecule has 0 fully saturated rings. The second kappa shape index (κ2) is 6.52. The standard InChI is InChI=1S/C15H20FN3O/c1-4-8-19-9-7-18-15(19)14(17-2)12-6-5-11(20-3)10-13(12)16/h5-7,9-10,14,17H,4,8H2,1-3H3. The van der Waals surface area contributed by atoms with E-state index in [-0.39, 0.29) is 11.9 Å². The molecule has 2 rings (SSSR count). The Hall–Kier alpha value is -1.88. The first kappa shape index (κ1) is 14.5. The number of methoxy groups -OCH3 is 1. The molecule has 0 aliphatic heterocycles. The first-order valence-corrected chi connectivity index (χ1v) is 6.73. The number of rotatable bonds is 6. The third kappa shape index (κ3) is 2.82. The van der Waals surface area contributed by atoms with Crippen molar-refractivity contribution in [3.05, 3.63) is 47.8 Å². The zero-order chi connectivity index (χ0) is 14.5. The van der Waals surface area contributed by atoms with Gasteiger partial charge in [-0.25, -0.2) is 9.37 Å². The number of hydrogen-bond acceptors (Lipinski definition) is 3. The average Bonchev–Trinajstić information content (AvgIpc) is 2.90. The highest BCUT2D eigenvalue weighted by atomic mass is 19.1. The van der Waals surface area contributed by atoms with Crippen molar-refractivity contribution in [2.45, 2.75) is 25.9 Å². The molecule has 0 aliphatic carbocycles. The Morgan fingerprint density at radius 2 is 2.25 bits per heavy atom. The third-order valence-electron chi connectivity index (χ3n) is 3.28. The molecule has 5 heteroatoms. The topological polar surface area (TPSA) is 39.1 Å². The Kier molecular flexibility index (Phi) is 4.74. The highest BCUT2D eigenvalue weighted by Gasteiger charge is 2.20. The Bertz CT molecular complexity index is 568. The smallest absolute Gasteiger partial charge is 0.132 e. The number of aryl methyl sites for hydroxylation is 1. The Morgan fingerprint density at radius 1 is 1.45 bits per heavy atom. The van der Waals surface area contributed by atoms with Gasteiger partial charge in [-0.1, -0.05) is 13.0 Å². The molecule has 2 aromatic rings. The second-order valence-electron chi connectivity index (χ2n) is 4.59. The van der Waals surface area contributed by atoms with E-state index < -0.39 is 0 Å². The van der Waals surface area contributed by atoms with Crippen LogP contribution in [0.4, 0.5) is 4.39 Å². The maximum Gasteiger partial charge on any atom is 0.132 e. The lowest BCUT2D eigenvalue weighted by molar-refractivity contribution is 0.409. The molecule has 20 heavy (non-hydrogen) atoms. The van der Waals surface area contributed by atoms with Crippen LogP contribution in [0.15, 0.2) is 30.6 Å². The van der Waals surface area contributed by atoms with Gasteiger partial charge in [0.1, 0.15) is 17.4 Å². The van der Waals surface area contributed by atoms with E-state index in [2.05, 4.69) is 17.2 Å². The summed E-state index contributed by atoms with van der Waals surface area (Å²) in [5, 5.41) is 3.13. The summed E-state index contributed by atoms with van der Waals surface area (Å²) in [7, 11) is 3.33. The van der Waals surface area contributed by atoms with Crippen LogP contribution in [0.5, 0.6) is 5.75 Å². The summed E-state index contributed by atoms with van der Waals surface area (Å²) in [6, 6.07) is 4.62. The number of halogens is 1. The van der Waals surface area contributed by atoms with Gasteiger partial charge in [-0.2, -0.15) is 0 Å². The first-order valence-electron chi connectivity index (χ1n) is 6.73. The van der Waals surface area contributed by atoms with Crippen LogP contribution < -0.4 is 10.1 Å². The average molecular weight is 277 g/mol. The fourth-order valence-corrected chi connectivity index (χ4v) is 2.30. The SMILES string of the molecule is CCCn1ccnc1C(NC)c1ccc(OC)cc1F. The molecule has 0 amide bonds. The fraction of sp³-hybridized carbons (Fsp3) is 0.400. The van der Waals surface area contributed by atoms with Crippen LogP contribution in [0.3, 0.4) is 0 Å². The Morgan fingerprint density at radius 3 is 2.85 bits per heavy atom. The largest absolute Gasteiger partial charge is 0.497 e. The predicted molar refractivity (Wildman–Crippen MR) is 76.4 cm³/mol. The van der Waals surface area contributed by atoms with Gasteiger partial charge in [-0.3, -0.25) is 0 Å². The van der Waals surface area contributed by atoms with Crippen molar-refractivity contribution in [2.75, 3.05) is 14.2 Å². The predicted octanol–water partition coefficient (Wildman–Crippen LogP) is 2.75. The van der Waals surface area contributed by atoms with Crippen LogP contribution in [0.1, 0.15) is 30.8 Å². The van der Waals surface area contributed by atoms with Gasteiger partial charge in [0.05, 0.1) is 13.2 Å². The van der Waals surface area contributed by atoms with E-state index in [1.807, 2.05) is 10.8 Å². The zero-order valence-electron chi connectivity index (χ0n) is 12.1. The van der Waals surface area contributed by atoms with Gasteiger partial charge in [-0.15, -0.1) is 0 Å². The second-order valence-corrected chi connectivity index (χ2v) is 4.59. The number of nitrogens with zero attached hydrogens (tertiary/aromatic N) is 2. The van der Waals surface area contributed by atoms with Crippen molar-refractivity contribution in [3.8, 4) is 5.75 Å². The van der Waals surface area contributed by atoms with E-state index in [1.165, 1.54) is 13.2 Å². The molecule has 1 atom stereocenters. The summed E-state index contributed by atoms with van der Waals surface area (Å²) >= 11 is 0. The molecule has 0 saturated heterocycles. The molecule has 108 valence electrons. The minimum Gasteiger partial charge on any atom is -0.497 e. The van der Waals surface area contributed by atoms with Crippen molar-refractivity contribution < 1.29 is 9.13 Å². The minimum atomic E-state index is -0.297. The molecule has 1 unspecified atom stereocenters. The van der Waals surface area contributed by atoms with Crippen LogP contribution in [0.25, 0.3) is 0 Å². The van der Waals surface area contributed by atoms with Crippen molar-refractivity contribution in [1.29, 1.82) is 0 Å². The lowest BCUT2D eigenvalue weighted by atomic mass is 10.1. The first-order chi connectivity index (χ1) is 9.71. The molecule has 1 aromatic heterocycles. The van der Waals surface area contributed by atoms with Gasteiger partial charge in [0.25, 0.3) is 0 Å². The summed E-state index contributed by atoms with van der Waals surface area (Å²) in [6.07, 6.45) is 4.67. The van der Waals surface area contributed by atoms with Crippen molar-refractivity contribution in [3.63, 3.8) is 0 Å². The van der Waals surface area contributed by atoms with E-state index >= 15 is 0 Å². The van der Waals surface area contributed by atoms with Crippen LogP contribution in [0, 0.1) is 5.82 Å². The zero-order valence-corrected chi connectivity index (χ0v) is 12.1. The van der Waals surface area contributed by atoms with E-state index in [0.717, 1.165) is 18.8 Å². The van der Waals surface area contributed by atoms with Crippen LogP contribution in [0.2, 0.25) is 0 Å². The molecule has 1 aromatic carbocycles. The Balaban J connectivity index is 2.39. The Labute approximate surface area is 118 Å². The number of aromatic nitrogens is 2. The van der Waals surface area contributed by atoms with Gasteiger partial charge < -0.3 is 14.6 Å². The van der Waals surface area contributed by atoms with E-state index in [1.54, 1.807) is 25.4 Å². The molecule has 0 radical (unpaired) electrons. The number of hydrogen-bond donors (Lipinski definition) is 1. The molecule has 1 heterocycles. The summed E-state index contributed by atoms with van der Waals surface area (Å²) in [5.74, 6) is 1.03. The quantitative estimate of drug-likeness (QED) is 0.882. The van der Waals surface area contributed by atoms with Gasteiger partial charge in [0.2, 0.25) is 0 Å². The number of ether oxygens (including phenoxy) is 1. The molecule has 0 aliphatic rings. The van der Waals surface area contributed by atoms with Crippen molar-refractivity contribution >= 4 is 0 Å². The van der Waals surface area contributed by atoms with Crippen LogP contribution in [-0.2, 0) is 6.54 Å². The van der Waals surface area contributed by atoms with Crippen LogP contribution in [-0.4, -0.2) is 23.7 Å². The van der Waals surface area contributed by atoms with E-state index in [0.29, 0.717) is 11.3 Å². The molecule has 0 bridgehead atoms. The maximum absolute atomic E-state index is 14.2. The number of imidazole rings is 1. The van der Waals surface area contributed by atoms with Crippen LogP contribution >= 0.6 is 0 Å². The normalized spacial score (nSPS) is 12.4. The minimum absolute atomic E-state index is 0.276. The van der Waals surface area contributed by atoms with Gasteiger partial charge in [0, 0.05) is 30.6 Å². The molecule has 0 saturated carbocycles. The molecular weight excluding hydrogens is 257 g/mol. The fourth-order valence-electron chi connectivity index (χ4n) is 2.30. The summed E-state index contributed by atoms with van der Waals surface area (Å²) < 4.78 is 21.3.